The number of hydrogen-bond acceptors (Lipinski definition) is 4. The molecule has 1 aliphatic heterocycles. The van der Waals surface area contributed by atoms with Gasteiger partial charge in [0, 0.05) is 31.5 Å². The van der Waals surface area contributed by atoms with E-state index >= 15 is 0 Å². The van der Waals surface area contributed by atoms with Crippen molar-refractivity contribution in [3.63, 3.8) is 0 Å². The molecule has 118 valence electrons. The third-order valence-corrected chi connectivity index (χ3v) is 3.73. The van der Waals surface area contributed by atoms with E-state index in [9.17, 15) is 4.79 Å². The number of nitrogens with two attached hydrogens (primary N) is 1. The predicted molar refractivity (Wildman–Crippen MR) is 85.0 cm³/mol. The van der Waals surface area contributed by atoms with E-state index in [2.05, 4.69) is 5.32 Å². The number of ether oxygens (including phenoxy) is 2. The molecule has 0 aliphatic carbocycles. The molecule has 5 nitrogen and oxygen atoms in total. The summed E-state index contributed by atoms with van der Waals surface area (Å²) in [6, 6.07) is 7.40. The number of halogens is 1. The Morgan fingerprint density at radius 3 is 2.76 bits per heavy atom. The van der Waals surface area contributed by atoms with Gasteiger partial charge in [-0.1, -0.05) is 6.07 Å². The summed E-state index contributed by atoms with van der Waals surface area (Å²) in [6.07, 6.45) is 1.33. The summed E-state index contributed by atoms with van der Waals surface area (Å²) in [5.41, 5.74) is 6.05. The predicted octanol–water partition coefficient (Wildman–Crippen LogP) is 2.20. The number of rotatable bonds is 5. The van der Waals surface area contributed by atoms with Gasteiger partial charge >= 0.3 is 0 Å². The van der Waals surface area contributed by atoms with Crippen LogP contribution in [0.2, 0.25) is 0 Å². The SMILES string of the molecule is CCOc1cccc(NC(=O)C2(CN)CCOCC2)c1.Cl. The van der Waals surface area contributed by atoms with Gasteiger partial charge in [-0.15, -0.1) is 12.4 Å². The van der Waals surface area contributed by atoms with Crippen LogP contribution in [-0.2, 0) is 9.53 Å². The van der Waals surface area contributed by atoms with Crippen molar-refractivity contribution in [3.05, 3.63) is 24.3 Å². The van der Waals surface area contributed by atoms with E-state index in [-0.39, 0.29) is 18.3 Å². The fraction of sp³-hybridized carbons (Fsp3) is 0.533. The first-order chi connectivity index (χ1) is 9.70. The van der Waals surface area contributed by atoms with Crippen LogP contribution in [0, 0.1) is 5.41 Å². The van der Waals surface area contributed by atoms with Crippen LogP contribution in [-0.4, -0.2) is 32.3 Å². The van der Waals surface area contributed by atoms with Gasteiger partial charge in [-0.25, -0.2) is 0 Å². The minimum absolute atomic E-state index is 0. The van der Waals surface area contributed by atoms with Crippen molar-refractivity contribution in [1.29, 1.82) is 0 Å². The van der Waals surface area contributed by atoms with Gasteiger partial charge in [-0.3, -0.25) is 4.79 Å². The summed E-state index contributed by atoms with van der Waals surface area (Å²) in [5.74, 6) is 0.719. The molecule has 21 heavy (non-hydrogen) atoms. The Labute approximate surface area is 131 Å². The van der Waals surface area contributed by atoms with Crippen LogP contribution in [0.15, 0.2) is 24.3 Å². The largest absolute Gasteiger partial charge is 0.494 e. The smallest absolute Gasteiger partial charge is 0.232 e. The van der Waals surface area contributed by atoms with Crippen molar-refractivity contribution in [2.75, 3.05) is 31.7 Å². The number of anilines is 1. The van der Waals surface area contributed by atoms with Crippen LogP contribution in [0.1, 0.15) is 19.8 Å². The Morgan fingerprint density at radius 2 is 2.14 bits per heavy atom. The number of nitrogens with one attached hydrogen (secondary N) is 1. The molecule has 0 saturated carbocycles. The topological polar surface area (TPSA) is 73.6 Å². The van der Waals surface area contributed by atoms with Gasteiger partial charge < -0.3 is 20.5 Å². The second-order valence-electron chi connectivity index (χ2n) is 5.01. The molecule has 1 amide bonds. The van der Waals surface area contributed by atoms with E-state index < -0.39 is 5.41 Å². The Morgan fingerprint density at radius 1 is 1.43 bits per heavy atom. The van der Waals surface area contributed by atoms with Crippen LogP contribution in [0.25, 0.3) is 0 Å². The van der Waals surface area contributed by atoms with Crippen molar-refractivity contribution in [1.82, 2.24) is 0 Å². The highest BCUT2D eigenvalue weighted by atomic mass is 35.5. The fourth-order valence-electron chi connectivity index (χ4n) is 2.38. The minimum atomic E-state index is -0.514. The average Bonchev–Trinajstić information content (AvgIpc) is 2.48. The van der Waals surface area contributed by atoms with E-state index in [0.29, 0.717) is 39.2 Å². The van der Waals surface area contributed by atoms with Gasteiger partial charge in [0.1, 0.15) is 5.75 Å². The summed E-state index contributed by atoms with van der Waals surface area (Å²) in [5, 5.41) is 2.95. The van der Waals surface area contributed by atoms with Gasteiger partial charge in [-0.05, 0) is 31.9 Å². The molecule has 1 fully saturated rings. The maximum atomic E-state index is 12.5. The van der Waals surface area contributed by atoms with E-state index in [1.54, 1.807) is 0 Å². The van der Waals surface area contributed by atoms with E-state index in [1.807, 2.05) is 31.2 Å². The van der Waals surface area contributed by atoms with Crippen LogP contribution < -0.4 is 15.8 Å². The maximum Gasteiger partial charge on any atom is 0.232 e. The van der Waals surface area contributed by atoms with Crippen LogP contribution in [0.4, 0.5) is 5.69 Å². The van der Waals surface area contributed by atoms with Crippen molar-refractivity contribution in [2.24, 2.45) is 11.1 Å². The lowest BCUT2D eigenvalue weighted by Crippen LogP contribution is -2.46. The molecule has 0 spiro atoms. The van der Waals surface area contributed by atoms with Crippen LogP contribution in [0.5, 0.6) is 5.75 Å². The van der Waals surface area contributed by atoms with Gasteiger partial charge in [0.05, 0.1) is 12.0 Å². The number of carbonyl (C=O) groups is 1. The summed E-state index contributed by atoms with van der Waals surface area (Å²) >= 11 is 0. The van der Waals surface area contributed by atoms with E-state index in [0.717, 1.165) is 11.4 Å². The molecular formula is C15H23ClN2O3. The molecule has 0 atom stereocenters. The molecular weight excluding hydrogens is 292 g/mol. The highest BCUT2D eigenvalue weighted by Gasteiger charge is 2.38. The minimum Gasteiger partial charge on any atom is -0.494 e. The second-order valence-corrected chi connectivity index (χ2v) is 5.01. The number of hydrogen-bond donors (Lipinski definition) is 2. The summed E-state index contributed by atoms with van der Waals surface area (Å²) < 4.78 is 10.8. The van der Waals surface area contributed by atoms with Crippen molar-refractivity contribution < 1.29 is 14.3 Å². The molecule has 1 saturated heterocycles. The Balaban J connectivity index is 0.00000220. The first-order valence-corrected chi connectivity index (χ1v) is 7.02. The highest BCUT2D eigenvalue weighted by molar-refractivity contribution is 5.95. The number of carbonyl (C=O) groups excluding carboxylic acids is 1. The zero-order valence-corrected chi connectivity index (χ0v) is 13.1. The maximum absolute atomic E-state index is 12.5. The standard InChI is InChI=1S/C15H22N2O3.ClH/c1-2-20-13-5-3-4-12(10-13)17-14(18)15(11-16)6-8-19-9-7-15;/h3-5,10H,2,6-9,11,16H2,1H3,(H,17,18);1H. The summed E-state index contributed by atoms with van der Waals surface area (Å²) in [6.45, 7) is 4.04. The van der Waals surface area contributed by atoms with Crippen LogP contribution in [0.3, 0.4) is 0 Å². The molecule has 1 aliphatic rings. The normalized spacial score (nSPS) is 16.7. The van der Waals surface area contributed by atoms with Crippen LogP contribution >= 0.6 is 12.4 Å². The van der Waals surface area contributed by atoms with Gasteiger partial charge in [0.25, 0.3) is 0 Å². The first-order valence-electron chi connectivity index (χ1n) is 7.02. The molecule has 0 unspecified atom stereocenters. The third-order valence-electron chi connectivity index (χ3n) is 3.73. The molecule has 0 aromatic heterocycles. The molecule has 1 aromatic rings. The van der Waals surface area contributed by atoms with Crippen molar-refractivity contribution >= 4 is 24.0 Å². The van der Waals surface area contributed by atoms with Gasteiger partial charge in [0.2, 0.25) is 5.91 Å². The molecule has 3 N–H and O–H groups in total. The first kappa shape index (κ1) is 17.8. The van der Waals surface area contributed by atoms with Gasteiger partial charge in [0.15, 0.2) is 0 Å². The van der Waals surface area contributed by atoms with E-state index in [1.165, 1.54) is 0 Å². The molecule has 0 radical (unpaired) electrons. The lowest BCUT2D eigenvalue weighted by molar-refractivity contribution is -0.130. The summed E-state index contributed by atoms with van der Waals surface area (Å²) in [7, 11) is 0. The molecule has 1 heterocycles. The number of amides is 1. The molecule has 2 rings (SSSR count). The molecule has 1 aromatic carbocycles. The zero-order chi connectivity index (χ0) is 14.4. The highest BCUT2D eigenvalue weighted by Crippen LogP contribution is 2.31. The average molecular weight is 315 g/mol. The zero-order valence-electron chi connectivity index (χ0n) is 12.3. The Kier molecular flexibility index (Phi) is 6.95. The third kappa shape index (κ3) is 4.33. The lowest BCUT2D eigenvalue weighted by Gasteiger charge is -2.34. The summed E-state index contributed by atoms with van der Waals surface area (Å²) in [4.78, 5) is 12.5. The van der Waals surface area contributed by atoms with Crippen molar-refractivity contribution in [2.45, 2.75) is 19.8 Å². The Hall–Kier alpha value is -1.30. The van der Waals surface area contributed by atoms with Crippen molar-refractivity contribution in [3.8, 4) is 5.75 Å². The van der Waals surface area contributed by atoms with E-state index in [4.69, 9.17) is 15.2 Å². The second kappa shape index (κ2) is 8.22. The lowest BCUT2D eigenvalue weighted by atomic mass is 9.79. The molecule has 0 bridgehead atoms. The Bertz CT molecular complexity index is 462. The fourth-order valence-corrected chi connectivity index (χ4v) is 2.38. The monoisotopic (exact) mass is 314 g/mol. The van der Waals surface area contributed by atoms with Gasteiger partial charge in [-0.2, -0.15) is 0 Å². The molecule has 6 heteroatoms. The number of benzene rings is 1. The quantitative estimate of drug-likeness (QED) is 0.874.